The highest BCUT2D eigenvalue weighted by Crippen LogP contribution is 2.43. The van der Waals surface area contributed by atoms with Crippen LogP contribution in [0.25, 0.3) is 11.5 Å². The number of benzene rings is 1. The fourth-order valence-electron chi connectivity index (χ4n) is 4.90. The number of anilines is 1. The van der Waals surface area contributed by atoms with E-state index in [4.69, 9.17) is 20.2 Å². The van der Waals surface area contributed by atoms with Crippen LogP contribution in [0.1, 0.15) is 38.5 Å². The van der Waals surface area contributed by atoms with Crippen molar-refractivity contribution >= 4 is 39.4 Å². The first kappa shape index (κ1) is 22.9. The molecule has 1 saturated carbocycles. The summed E-state index contributed by atoms with van der Waals surface area (Å²) in [5, 5.41) is 0.607. The topological polar surface area (TPSA) is 108 Å². The van der Waals surface area contributed by atoms with Gasteiger partial charge in [0.1, 0.15) is 0 Å². The maximum absolute atomic E-state index is 12.5. The molecule has 184 valence electrons. The summed E-state index contributed by atoms with van der Waals surface area (Å²) >= 11 is 5.04. The molecule has 4 aliphatic heterocycles. The number of likely N-dealkylation sites (tertiary alicyclic amines) is 1. The summed E-state index contributed by atoms with van der Waals surface area (Å²) in [5.74, 6) is 3.81. The summed E-state index contributed by atoms with van der Waals surface area (Å²) in [4.78, 5) is 29.3. The normalized spacial score (nSPS) is 18.3. The van der Waals surface area contributed by atoms with E-state index in [9.17, 15) is 4.79 Å². The van der Waals surface area contributed by atoms with E-state index in [1.807, 2.05) is 16.7 Å². The number of carbonyl (C=O) groups is 1. The van der Waals surface area contributed by atoms with Gasteiger partial charge in [0.2, 0.25) is 12.7 Å². The fraction of sp³-hybridized carbons (Fsp3) is 0.500. The van der Waals surface area contributed by atoms with Gasteiger partial charge in [-0.05, 0) is 77.8 Å². The number of hydrogen-bond donors (Lipinski definition) is 1. The lowest BCUT2D eigenvalue weighted by Gasteiger charge is -2.36. The molecule has 6 rings (SSSR count). The molecule has 9 nitrogen and oxygen atoms in total. The summed E-state index contributed by atoms with van der Waals surface area (Å²) in [6.45, 7) is 2.77. The van der Waals surface area contributed by atoms with Gasteiger partial charge in [-0.2, -0.15) is 0 Å². The van der Waals surface area contributed by atoms with Gasteiger partial charge in [0, 0.05) is 34.9 Å². The number of nitrogens with two attached hydrogens (primary N) is 1. The monoisotopic (exact) mass is 558 g/mol. The number of piperidine rings is 1. The zero-order valence-corrected chi connectivity index (χ0v) is 21.7. The van der Waals surface area contributed by atoms with E-state index in [-0.39, 0.29) is 12.7 Å². The molecule has 1 amide bonds. The third-order valence-corrected chi connectivity index (χ3v) is 9.10. The van der Waals surface area contributed by atoms with Crippen LogP contribution >= 0.6 is 27.7 Å². The van der Waals surface area contributed by atoms with Crippen molar-refractivity contribution in [1.82, 2.24) is 24.4 Å². The zero-order valence-electron chi connectivity index (χ0n) is 19.3. The average molecular weight is 559 g/mol. The predicted octanol–water partition coefficient (Wildman–Crippen LogP) is 4.43. The molecule has 35 heavy (non-hydrogen) atoms. The van der Waals surface area contributed by atoms with Gasteiger partial charge in [0.15, 0.2) is 34.0 Å². The number of aryl methyl sites for hydroxylation is 1. The number of nitrogen functional groups attached to an aromatic ring is 1. The molecular formula is C24H27BrN6O3S. The summed E-state index contributed by atoms with van der Waals surface area (Å²) in [6, 6.07) is 3.82. The van der Waals surface area contributed by atoms with E-state index >= 15 is 0 Å². The smallest absolute Gasteiger partial charge is 0.231 e. The molecule has 5 aliphatic rings. The van der Waals surface area contributed by atoms with Gasteiger partial charge in [0.25, 0.3) is 0 Å². The number of fused-ring (bicyclic) bond motifs is 2. The Labute approximate surface area is 216 Å². The van der Waals surface area contributed by atoms with E-state index in [1.54, 1.807) is 6.33 Å². The molecule has 0 radical (unpaired) electrons. The van der Waals surface area contributed by atoms with Gasteiger partial charge in [0.05, 0.1) is 6.33 Å². The molecule has 1 aromatic carbocycles. The first-order valence-electron chi connectivity index (χ1n) is 12.1. The van der Waals surface area contributed by atoms with Crippen LogP contribution in [-0.4, -0.2) is 50.2 Å². The van der Waals surface area contributed by atoms with E-state index in [1.165, 1.54) is 18.2 Å². The number of imidazole rings is 1. The molecule has 1 aromatic rings. The van der Waals surface area contributed by atoms with Crippen LogP contribution in [0.3, 0.4) is 0 Å². The van der Waals surface area contributed by atoms with E-state index < -0.39 is 0 Å². The van der Waals surface area contributed by atoms with Crippen molar-refractivity contribution in [3.63, 3.8) is 0 Å². The number of hydrogen-bond acceptors (Lipinski definition) is 8. The van der Waals surface area contributed by atoms with Crippen molar-refractivity contribution in [1.29, 1.82) is 0 Å². The highest BCUT2D eigenvalue weighted by molar-refractivity contribution is 9.10. The van der Waals surface area contributed by atoms with Crippen LogP contribution in [0.5, 0.6) is 11.5 Å². The first-order valence-corrected chi connectivity index (χ1v) is 13.7. The molecule has 1 aliphatic carbocycles. The Morgan fingerprint density at radius 3 is 2.66 bits per heavy atom. The Bertz CT molecular complexity index is 1220. The Balaban J connectivity index is 1.12. The molecule has 11 heteroatoms. The van der Waals surface area contributed by atoms with Crippen molar-refractivity contribution in [2.45, 2.75) is 55.1 Å². The second-order valence-electron chi connectivity index (χ2n) is 9.42. The second kappa shape index (κ2) is 9.50. The number of halogens is 1. The van der Waals surface area contributed by atoms with Crippen LogP contribution in [0.2, 0.25) is 0 Å². The van der Waals surface area contributed by atoms with Crippen molar-refractivity contribution in [2.24, 2.45) is 11.8 Å². The molecule has 0 spiro atoms. The molecule has 2 fully saturated rings. The number of ether oxygens (including phenoxy) is 2. The minimum atomic E-state index is 0.227. The summed E-state index contributed by atoms with van der Waals surface area (Å²) in [6.07, 6.45) is 8.22. The van der Waals surface area contributed by atoms with Crippen molar-refractivity contribution in [2.75, 3.05) is 25.6 Å². The van der Waals surface area contributed by atoms with Crippen molar-refractivity contribution < 1.29 is 14.3 Å². The summed E-state index contributed by atoms with van der Waals surface area (Å²) in [5.41, 5.74) is 6.76. The molecular weight excluding hydrogens is 532 g/mol. The number of aromatic nitrogens is 4. The van der Waals surface area contributed by atoms with Crippen LogP contribution < -0.4 is 15.2 Å². The number of rotatable bonds is 6. The Morgan fingerprint density at radius 2 is 1.91 bits per heavy atom. The molecule has 0 aromatic heterocycles. The Hall–Kier alpha value is -2.53. The van der Waals surface area contributed by atoms with Gasteiger partial charge in [-0.15, -0.1) is 0 Å². The second-order valence-corrected chi connectivity index (χ2v) is 11.3. The largest absolute Gasteiger partial charge is 0.454 e. The van der Waals surface area contributed by atoms with Crippen molar-refractivity contribution in [3.05, 3.63) is 22.9 Å². The number of nitrogens with zero attached hydrogens (tertiary/aromatic N) is 5. The average Bonchev–Trinajstić information content (AvgIpc) is 3.45. The van der Waals surface area contributed by atoms with Gasteiger partial charge < -0.3 is 24.7 Å². The molecule has 0 bridgehead atoms. The standard InChI is InChI=1S/C24H27BrN6O3S/c25-16-10-17-18(34-13-33-17)11-19(16)35-24-28-20-21(26)27-12-31(22(20)29-24)9-6-14-4-7-30(8-5-14)23(32)15-2-1-3-15/h10-12,14-15H,1-9,13,26H2. The maximum Gasteiger partial charge on any atom is 0.231 e. The number of carbonyl (C=O) groups excluding carboxylic acids is 1. The Kier molecular flexibility index (Phi) is 6.21. The highest BCUT2D eigenvalue weighted by Gasteiger charge is 2.31. The van der Waals surface area contributed by atoms with Gasteiger partial charge in [-0.25, -0.2) is 15.0 Å². The third-order valence-electron chi connectivity index (χ3n) is 7.26. The lowest BCUT2D eigenvalue weighted by molar-refractivity contribution is -0.139. The van der Waals surface area contributed by atoms with Crippen molar-refractivity contribution in [3.8, 4) is 23.0 Å². The first-order chi connectivity index (χ1) is 17.0. The highest BCUT2D eigenvalue weighted by atomic mass is 79.9. The van der Waals surface area contributed by atoms with E-state index in [0.29, 0.717) is 34.2 Å². The van der Waals surface area contributed by atoms with Crippen LogP contribution in [0.15, 0.2) is 33.0 Å². The molecule has 4 heterocycles. The minimum Gasteiger partial charge on any atom is -0.454 e. The van der Waals surface area contributed by atoms with Gasteiger partial charge >= 0.3 is 0 Å². The zero-order chi connectivity index (χ0) is 23.9. The van der Waals surface area contributed by atoms with Crippen LogP contribution in [0, 0.1) is 11.8 Å². The maximum atomic E-state index is 12.5. The minimum absolute atomic E-state index is 0.227. The quantitative estimate of drug-likeness (QED) is 0.473. The molecule has 0 atom stereocenters. The number of amides is 1. The SMILES string of the molecule is Nc1ncn(CCC2CCN(C(=O)C3CCC3)CC2)c2nc(Sc3cc4c(cc3Br)OCO4)nc1-2. The van der Waals surface area contributed by atoms with Crippen LogP contribution in [0.4, 0.5) is 5.82 Å². The summed E-state index contributed by atoms with van der Waals surface area (Å²) in [7, 11) is 0. The van der Waals surface area contributed by atoms with E-state index in [2.05, 4.69) is 30.8 Å². The Morgan fingerprint density at radius 1 is 1.14 bits per heavy atom. The lowest BCUT2D eigenvalue weighted by Crippen LogP contribution is -2.43. The summed E-state index contributed by atoms with van der Waals surface area (Å²) < 4.78 is 13.9. The molecule has 1 saturated heterocycles. The van der Waals surface area contributed by atoms with Crippen LogP contribution in [-0.2, 0) is 11.3 Å². The lowest BCUT2D eigenvalue weighted by atomic mass is 9.83. The molecule has 0 unspecified atom stereocenters. The van der Waals surface area contributed by atoms with Gasteiger partial charge in [-0.1, -0.05) is 6.42 Å². The fourth-order valence-corrected chi connectivity index (χ4v) is 6.25. The van der Waals surface area contributed by atoms with E-state index in [0.717, 1.165) is 72.7 Å². The third kappa shape index (κ3) is 4.55. The predicted molar refractivity (Wildman–Crippen MR) is 135 cm³/mol. The molecule has 2 N–H and O–H groups in total. The van der Waals surface area contributed by atoms with Gasteiger partial charge in [-0.3, -0.25) is 4.79 Å².